The van der Waals surface area contributed by atoms with Gasteiger partial charge < -0.3 is 15.2 Å². The molecule has 0 heterocycles. The summed E-state index contributed by atoms with van der Waals surface area (Å²) in [5.74, 6) is -0.511. The van der Waals surface area contributed by atoms with Gasteiger partial charge in [0.25, 0.3) is 5.91 Å². The van der Waals surface area contributed by atoms with Crippen molar-refractivity contribution in [3.63, 3.8) is 0 Å². The number of ether oxygens (including phenoxy) is 1. The molecule has 0 unspecified atom stereocenters. The van der Waals surface area contributed by atoms with E-state index in [1.54, 1.807) is 26.0 Å². The van der Waals surface area contributed by atoms with Crippen molar-refractivity contribution >= 4 is 11.9 Å². The zero-order valence-corrected chi connectivity index (χ0v) is 11.2. The van der Waals surface area contributed by atoms with Crippen LogP contribution in [0.3, 0.4) is 0 Å². The first-order valence-corrected chi connectivity index (χ1v) is 6.10. The first-order valence-electron chi connectivity index (χ1n) is 6.10. The number of hydrogen-bond acceptors (Lipinski definition) is 3. The predicted octanol–water partition coefficient (Wildman–Crippen LogP) is 1.82. The van der Waals surface area contributed by atoms with Crippen LogP contribution in [0.15, 0.2) is 30.3 Å². The van der Waals surface area contributed by atoms with E-state index in [1.165, 1.54) is 0 Å². The predicted molar refractivity (Wildman–Crippen MR) is 71.0 cm³/mol. The first-order chi connectivity index (χ1) is 8.89. The van der Waals surface area contributed by atoms with Gasteiger partial charge in [-0.1, -0.05) is 18.2 Å². The van der Waals surface area contributed by atoms with Gasteiger partial charge in [0.15, 0.2) is 6.61 Å². The van der Waals surface area contributed by atoms with Crippen LogP contribution >= 0.6 is 0 Å². The van der Waals surface area contributed by atoms with Crippen LogP contribution in [0.5, 0.6) is 5.75 Å². The molecule has 0 aromatic heterocycles. The summed E-state index contributed by atoms with van der Waals surface area (Å²) in [6.07, 6.45) is 0.395. The Balaban J connectivity index is 2.36. The van der Waals surface area contributed by atoms with Crippen molar-refractivity contribution in [1.82, 2.24) is 5.32 Å². The molecule has 2 N–H and O–H groups in total. The number of para-hydroxylation sites is 1. The summed E-state index contributed by atoms with van der Waals surface area (Å²) in [6, 6.07) is 9.04. The maximum atomic E-state index is 11.7. The molecule has 0 saturated carbocycles. The lowest BCUT2D eigenvalue weighted by atomic mass is 9.98. The molecule has 0 aliphatic carbocycles. The van der Waals surface area contributed by atoms with Crippen molar-refractivity contribution in [2.45, 2.75) is 32.2 Å². The van der Waals surface area contributed by atoms with Gasteiger partial charge in [-0.3, -0.25) is 9.59 Å². The van der Waals surface area contributed by atoms with Crippen LogP contribution in [0.4, 0.5) is 0 Å². The second kappa shape index (κ2) is 6.78. The van der Waals surface area contributed by atoms with E-state index in [-0.39, 0.29) is 18.9 Å². The molecule has 1 aromatic carbocycles. The number of carbonyl (C=O) groups is 2. The highest BCUT2D eigenvalue weighted by molar-refractivity contribution is 5.78. The maximum Gasteiger partial charge on any atom is 0.303 e. The highest BCUT2D eigenvalue weighted by atomic mass is 16.5. The van der Waals surface area contributed by atoms with Crippen LogP contribution in [-0.4, -0.2) is 29.1 Å². The zero-order valence-electron chi connectivity index (χ0n) is 11.2. The zero-order chi connectivity index (χ0) is 14.3. The molecule has 1 aromatic rings. The molecule has 0 spiro atoms. The van der Waals surface area contributed by atoms with E-state index in [2.05, 4.69) is 5.32 Å². The number of carboxylic acids is 1. The van der Waals surface area contributed by atoms with E-state index in [0.717, 1.165) is 0 Å². The number of carbonyl (C=O) groups excluding carboxylic acids is 1. The summed E-state index contributed by atoms with van der Waals surface area (Å²) in [5, 5.41) is 11.4. The lowest BCUT2D eigenvalue weighted by Gasteiger charge is -2.25. The molecule has 0 fully saturated rings. The Hall–Kier alpha value is -2.04. The molecule has 0 aliphatic heterocycles. The molecule has 0 bridgehead atoms. The summed E-state index contributed by atoms with van der Waals surface area (Å²) in [6.45, 7) is 3.49. The second-order valence-corrected chi connectivity index (χ2v) is 4.93. The van der Waals surface area contributed by atoms with Crippen molar-refractivity contribution in [3.05, 3.63) is 30.3 Å². The summed E-state index contributed by atoms with van der Waals surface area (Å²) in [7, 11) is 0. The Morgan fingerprint density at radius 2 is 1.89 bits per heavy atom. The van der Waals surface area contributed by atoms with Crippen LogP contribution in [0, 0.1) is 0 Å². The Morgan fingerprint density at radius 3 is 2.47 bits per heavy atom. The van der Waals surface area contributed by atoms with Crippen molar-refractivity contribution < 1.29 is 19.4 Å². The number of rotatable bonds is 7. The molecule has 0 atom stereocenters. The number of benzene rings is 1. The number of carboxylic acid groups (broad SMARTS) is 1. The van der Waals surface area contributed by atoms with Crippen LogP contribution in [0.25, 0.3) is 0 Å². The van der Waals surface area contributed by atoms with Crippen LogP contribution in [0.2, 0.25) is 0 Å². The minimum absolute atomic E-state index is 0.0207. The molecule has 104 valence electrons. The van der Waals surface area contributed by atoms with Gasteiger partial charge in [-0.2, -0.15) is 0 Å². The molecule has 0 saturated heterocycles. The molecule has 19 heavy (non-hydrogen) atoms. The van der Waals surface area contributed by atoms with E-state index in [0.29, 0.717) is 12.2 Å². The summed E-state index contributed by atoms with van der Waals surface area (Å²) in [4.78, 5) is 22.2. The Kier molecular flexibility index (Phi) is 5.36. The fourth-order valence-electron chi connectivity index (χ4n) is 1.56. The number of amides is 1. The van der Waals surface area contributed by atoms with E-state index < -0.39 is 11.5 Å². The number of aliphatic carboxylic acids is 1. The topological polar surface area (TPSA) is 75.6 Å². The molecule has 0 radical (unpaired) electrons. The van der Waals surface area contributed by atoms with Gasteiger partial charge in [-0.25, -0.2) is 0 Å². The fourth-order valence-corrected chi connectivity index (χ4v) is 1.56. The summed E-state index contributed by atoms with van der Waals surface area (Å²) < 4.78 is 5.31. The molecule has 5 nitrogen and oxygen atoms in total. The van der Waals surface area contributed by atoms with Gasteiger partial charge in [0.2, 0.25) is 0 Å². The van der Waals surface area contributed by atoms with E-state index in [4.69, 9.17) is 9.84 Å². The average molecular weight is 265 g/mol. The van der Waals surface area contributed by atoms with Gasteiger partial charge in [0.05, 0.1) is 0 Å². The average Bonchev–Trinajstić information content (AvgIpc) is 2.35. The normalized spacial score (nSPS) is 10.8. The standard InChI is InChI=1S/C14H19NO4/c1-14(2,9-8-13(17)18)15-12(16)10-19-11-6-4-3-5-7-11/h3-7H,8-10H2,1-2H3,(H,15,16)(H,17,18). The van der Waals surface area contributed by atoms with E-state index >= 15 is 0 Å². The van der Waals surface area contributed by atoms with Gasteiger partial charge in [-0.05, 0) is 32.4 Å². The SMILES string of the molecule is CC(C)(CCC(=O)O)NC(=O)COc1ccccc1. The van der Waals surface area contributed by atoms with E-state index in [1.807, 2.05) is 18.2 Å². The van der Waals surface area contributed by atoms with Crippen molar-refractivity contribution in [2.24, 2.45) is 0 Å². The third-order valence-electron chi connectivity index (χ3n) is 2.55. The minimum Gasteiger partial charge on any atom is -0.484 e. The summed E-state index contributed by atoms with van der Waals surface area (Å²) >= 11 is 0. The first kappa shape index (κ1) is 15.0. The smallest absolute Gasteiger partial charge is 0.303 e. The molecule has 1 amide bonds. The van der Waals surface area contributed by atoms with Gasteiger partial charge in [-0.15, -0.1) is 0 Å². The highest BCUT2D eigenvalue weighted by Gasteiger charge is 2.21. The molecular weight excluding hydrogens is 246 g/mol. The molecule has 1 rings (SSSR count). The number of nitrogens with one attached hydrogen (secondary N) is 1. The quantitative estimate of drug-likeness (QED) is 0.788. The fraction of sp³-hybridized carbons (Fsp3) is 0.429. The summed E-state index contributed by atoms with van der Waals surface area (Å²) in [5.41, 5.74) is -0.560. The third kappa shape index (κ3) is 6.45. The van der Waals surface area contributed by atoms with Gasteiger partial charge in [0, 0.05) is 12.0 Å². The van der Waals surface area contributed by atoms with Crippen LogP contribution in [0.1, 0.15) is 26.7 Å². The second-order valence-electron chi connectivity index (χ2n) is 4.93. The molecule has 0 aliphatic rings. The Morgan fingerprint density at radius 1 is 1.26 bits per heavy atom. The van der Waals surface area contributed by atoms with Crippen molar-refractivity contribution in [3.8, 4) is 5.75 Å². The lowest BCUT2D eigenvalue weighted by Crippen LogP contribution is -2.45. The van der Waals surface area contributed by atoms with Gasteiger partial charge >= 0.3 is 5.97 Å². The third-order valence-corrected chi connectivity index (χ3v) is 2.55. The van der Waals surface area contributed by atoms with Crippen molar-refractivity contribution in [2.75, 3.05) is 6.61 Å². The van der Waals surface area contributed by atoms with E-state index in [9.17, 15) is 9.59 Å². The lowest BCUT2D eigenvalue weighted by molar-refractivity contribution is -0.138. The minimum atomic E-state index is -0.872. The number of hydrogen-bond donors (Lipinski definition) is 2. The van der Waals surface area contributed by atoms with Crippen molar-refractivity contribution in [1.29, 1.82) is 0 Å². The largest absolute Gasteiger partial charge is 0.484 e. The van der Waals surface area contributed by atoms with Crippen LogP contribution in [-0.2, 0) is 9.59 Å². The molecule has 5 heteroatoms. The maximum absolute atomic E-state index is 11.7. The monoisotopic (exact) mass is 265 g/mol. The Labute approximate surface area is 112 Å². The Bertz CT molecular complexity index is 428. The van der Waals surface area contributed by atoms with Crippen LogP contribution < -0.4 is 10.1 Å². The van der Waals surface area contributed by atoms with Gasteiger partial charge in [0.1, 0.15) is 5.75 Å². The highest BCUT2D eigenvalue weighted by Crippen LogP contribution is 2.12. The molecular formula is C14H19NO4.